The van der Waals surface area contributed by atoms with E-state index < -0.39 is 0 Å². The summed E-state index contributed by atoms with van der Waals surface area (Å²) in [7, 11) is 0. The Hall–Kier alpha value is -3.59. The summed E-state index contributed by atoms with van der Waals surface area (Å²) < 4.78 is 6.46. The summed E-state index contributed by atoms with van der Waals surface area (Å²) in [5.41, 5.74) is 9.26. The van der Waals surface area contributed by atoms with Crippen LogP contribution in [0.3, 0.4) is 0 Å². The Morgan fingerprint density at radius 2 is 1.82 bits per heavy atom. The van der Waals surface area contributed by atoms with Crippen LogP contribution < -0.4 is 4.74 Å². The summed E-state index contributed by atoms with van der Waals surface area (Å²) in [5, 5.41) is 0. The van der Waals surface area contributed by atoms with Gasteiger partial charge < -0.3 is 9.72 Å². The van der Waals surface area contributed by atoms with Gasteiger partial charge in [0.2, 0.25) is 0 Å². The fraction of sp³-hybridized carbons (Fsp3) is 0.233. The van der Waals surface area contributed by atoms with Gasteiger partial charge in [-0.05, 0) is 67.7 Å². The third kappa shape index (κ3) is 5.25. The van der Waals surface area contributed by atoms with E-state index in [1.54, 1.807) is 0 Å². The van der Waals surface area contributed by atoms with Crippen molar-refractivity contribution in [3.8, 4) is 17.0 Å². The highest BCUT2D eigenvalue weighted by molar-refractivity contribution is 5.84. The van der Waals surface area contributed by atoms with E-state index in [2.05, 4.69) is 111 Å². The Morgan fingerprint density at radius 1 is 1.03 bits per heavy atom. The average Bonchev–Trinajstić information content (AvgIpc) is 3.30. The molecule has 3 heteroatoms. The zero-order chi connectivity index (χ0) is 23.4. The molecule has 0 radical (unpaired) electrons. The minimum atomic E-state index is -0.0299. The lowest BCUT2D eigenvalue weighted by atomic mass is 9.97. The third-order valence-electron chi connectivity index (χ3n) is 6.06. The van der Waals surface area contributed by atoms with Gasteiger partial charge in [0.25, 0.3) is 0 Å². The zero-order valence-corrected chi connectivity index (χ0v) is 20.1. The number of nitrogens with one attached hydrogen (secondary N) is 1. The van der Waals surface area contributed by atoms with Crippen LogP contribution in [0, 0.1) is 13.8 Å². The summed E-state index contributed by atoms with van der Waals surface area (Å²) in [5.74, 6) is 1.92. The highest BCUT2D eigenvalue weighted by Crippen LogP contribution is 2.33. The second-order valence-electron chi connectivity index (χ2n) is 8.67. The number of hydrogen-bond acceptors (Lipinski definition) is 2. The van der Waals surface area contributed by atoms with E-state index in [1.807, 2.05) is 12.3 Å². The van der Waals surface area contributed by atoms with Crippen molar-refractivity contribution in [3.05, 3.63) is 107 Å². The average molecular weight is 437 g/mol. The van der Waals surface area contributed by atoms with Crippen molar-refractivity contribution in [1.82, 2.24) is 9.97 Å². The normalized spacial score (nSPS) is 12.6. The van der Waals surface area contributed by atoms with E-state index in [-0.39, 0.29) is 6.10 Å². The first-order chi connectivity index (χ1) is 15.9. The van der Waals surface area contributed by atoms with Gasteiger partial charge in [0.15, 0.2) is 0 Å². The number of benzene rings is 3. The number of aromatic amines is 1. The molecule has 4 aromatic rings. The van der Waals surface area contributed by atoms with E-state index in [0.717, 1.165) is 34.8 Å². The molecule has 168 valence electrons. The monoisotopic (exact) mass is 436 g/mol. The predicted molar refractivity (Wildman–Crippen MR) is 138 cm³/mol. The van der Waals surface area contributed by atoms with E-state index in [9.17, 15) is 0 Å². The molecule has 33 heavy (non-hydrogen) atoms. The van der Waals surface area contributed by atoms with Crippen LogP contribution in [0.2, 0.25) is 0 Å². The molecule has 4 rings (SSSR count). The van der Waals surface area contributed by atoms with Gasteiger partial charge in [0.1, 0.15) is 17.7 Å². The molecular formula is C30H32N2O. The van der Waals surface area contributed by atoms with Crippen LogP contribution in [0.4, 0.5) is 0 Å². The van der Waals surface area contributed by atoms with Crippen molar-refractivity contribution < 1.29 is 4.74 Å². The maximum absolute atomic E-state index is 6.46. The zero-order valence-electron chi connectivity index (χ0n) is 20.1. The van der Waals surface area contributed by atoms with E-state index >= 15 is 0 Å². The largest absolute Gasteiger partial charge is 0.485 e. The number of rotatable bonds is 7. The van der Waals surface area contributed by atoms with Crippen molar-refractivity contribution in [2.24, 2.45) is 0 Å². The molecule has 1 aromatic heterocycles. The SMILES string of the molecule is CCc1ncc(-c2ccc(C)c(/C=C(\C)c3ccc(C)cc3OC(C)c3ccccc3)c2)[nH]1. The number of nitrogens with zero attached hydrogens (tertiary/aromatic N) is 1. The molecule has 3 nitrogen and oxygen atoms in total. The Morgan fingerprint density at radius 3 is 2.55 bits per heavy atom. The highest BCUT2D eigenvalue weighted by atomic mass is 16.5. The lowest BCUT2D eigenvalue weighted by Crippen LogP contribution is -2.04. The van der Waals surface area contributed by atoms with Crippen LogP contribution in [-0.2, 0) is 6.42 Å². The fourth-order valence-electron chi connectivity index (χ4n) is 4.00. The molecule has 3 aromatic carbocycles. The molecule has 1 heterocycles. The summed E-state index contributed by atoms with van der Waals surface area (Å²) in [6.45, 7) is 10.6. The first kappa shape index (κ1) is 22.6. The molecule has 1 N–H and O–H groups in total. The third-order valence-corrected chi connectivity index (χ3v) is 6.06. The number of hydrogen-bond donors (Lipinski definition) is 1. The topological polar surface area (TPSA) is 37.9 Å². The Kier molecular flexibility index (Phi) is 6.79. The highest BCUT2D eigenvalue weighted by Gasteiger charge is 2.13. The minimum absolute atomic E-state index is 0.0299. The molecule has 1 unspecified atom stereocenters. The number of allylic oxidation sites excluding steroid dienone is 1. The first-order valence-corrected chi connectivity index (χ1v) is 11.6. The maximum atomic E-state index is 6.46. The summed E-state index contributed by atoms with van der Waals surface area (Å²) in [6, 6.07) is 23.3. The molecule has 0 aliphatic carbocycles. The summed E-state index contributed by atoms with van der Waals surface area (Å²) >= 11 is 0. The standard InChI is InChI=1S/C30H32N2O/c1-6-30-31-19-28(32-30)25-14-13-21(3)26(18-25)17-22(4)27-15-12-20(2)16-29(27)33-23(5)24-10-8-7-9-11-24/h7-19,23H,6H2,1-5H3,(H,31,32)/b22-17+. The lowest BCUT2D eigenvalue weighted by Gasteiger charge is -2.19. The minimum Gasteiger partial charge on any atom is -0.485 e. The lowest BCUT2D eigenvalue weighted by molar-refractivity contribution is 0.226. The van der Waals surface area contributed by atoms with Gasteiger partial charge in [-0.25, -0.2) is 4.98 Å². The van der Waals surface area contributed by atoms with E-state index in [4.69, 9.17) is 4.74 Å². The van der Waals surface area contributed by atoms with Crippen LogP contribution in [0.1, 0.15) is 60.5 Å². The van der Waals surface area contributed by atoms with E-state index in [0.29, 0.717) is 0 Å². The van der Waals surface area contributed by atoms with Crippen LogP contribution >= 0.6 is 0 Å². The van der Waals surface area contributed by atoms with Crippen molar-refractivity contribution in [3.63, 3.8) is 0 Å². The van der Waals surface area contributed by atoms with Gasteiger partial charge in [-0.1, -0.05) is 67.6 Å². The Balaban J connectivity index is 1.67. The van der Waals surface area contributed by atoms with Gasteiger partial charge in [0, 0.05) is 17.5 Å². The van der Waals surface area contributed by atoms with Crippen molar-refractivity contribution in [2.75, 3.05) is 0 Å². The number of ether oxygens (including phenoxy) is 1. The second-order valence-corrected chi connectivity index (χ2v) is 8.67. The summed E-state index contributed by atoms with van der Waals surface area (Å²) in [6.07, 6.45) is 5.04. The van der Waals surface area contributed by atoms with Crippen LogP contribution in [0.15, 0.2) is 72.9 Å². The molecule has 0 fully saturated rings. The van der Waals surface area contributed by atoms with Gasteiger partial charge >= 0.3 is 0 Å². The van der Waals surface area contributed by atoms with Crippen molar-refractivity contribution in [2.45, 2.75) is 47.1 Å². The quantitative estimate of drug-likeness (QED) is 0.298. The second kappa shape index (κ2) is 9.91. The van der Waals surface area contributed by atoms with Crippen molar-refractivity contribution in [1.29, 1.82) is 0 Å². The van der Waals surface area contributed by atoms with Gasteiger partial charge in [-0.15, -0.1) is 0 Å². The van der Waals surface area contributed by atoms with Gasteiger partial charge in [0.05, 0.1) is 11.9 Å². The Labute approximate surface area is 197 Å². The fourth-order valence-corrected chi connectivity index (χ4v) is 4.00. The number of H-pyrrole nitrogens is 1. The molecule has 0 bridgehead atoms. The first-order valence-electron chi connectivity index (χ1n) is 11.6. The molecule has 0 aliphatic heterocycles. The summed E-state index contributed by atoms with van der Waals surface area (Å²) in [4.78, 5) is 7.87. The Bertz CT molecular complexity index is 1270. The van der Waals surface area contributed by atoms with Crippen LogP contribution in [0.25, 0.3) is 22.9 Å². The smallest absolute Gasteiger partial charge is 0.127 e. The number of imidazole rings is 1. The number of aryl methyl sites for hydroxylation is 3. The molecule has 0 aliphatic rings. The molecule has 0 amide bonds. The molecular weight excluding hydrogens is 404 g/mol. The molecule has 0 saturated heterocycles. The number of aromatic nitrogens is 2. The van der Waals surface area contributed by atoms with Gasteiger partial charge in [-0.2, -0.15) is 0 Å². The maximum Gasteiger partial charge on any atom is 0.127 e. The molecule has 1 atom stereocenters. The predicted octanol–water partition coefficient (Wildman–Crippen LogP) is 7.96. The molecule has 0 spiro atoms. The van der Waals surface area contributed by atoms with Crippen molar-refractivity contribution >= 4 is 11.6 Å². The van der Waals surface area contributed by atoms with Crippen LogP contribution in [0.5, 0.6) is 5.75 Å². The van der Waals surface area contributed by atoms with E-state index in [1.165, 1.54) is 27.8 Å². The molecule has 0 saturated carbocycles. The van der Waals surface area contributed by atoms with Gasteiger partial charge in [-0.3, -0.25) is 0 Å². The van der Waals surface area contributed by atoms with Crippen LogP contribution in [-0.4, -0.2) is 9.97 Å².